The number of ether oxygens (including phenoxy) is 1. The predicted molar refractivity (Wildman–Crippen MR) is 109 cm³/mol. The molecular weight excluding hydrogens is 385 g/mol. The van der Waals surface area contributed by atoms with Crippen LogP contribution in [0.1, 0.15) is 31.0 Å². The number of imidazole rings is 1. The van der Waals surface area contributed by atoms with E-state index < -0.39 is 6.10 Å². The van der Waals surface area contributed by atoms with Gasteiger partial charge in [-0.2, -0.15) is 0 Å². The molecule has 0 unspecified atom stereocenters. The summed E-state index contributed by atoms with van der Waals surface area (Å²) in [5.74, 6) is 0.702. The van der Waals surface area contributed by atoms with E-state index in [1.54, 1.807) is 35.6 Å². The summed E-state index contributed by atoms with van der Waals surface area (Å²) in [6.45, 7) is 3.99. The van der Waals surface area contributed by atoms with Crippen molar-refractivity contribution in [1.29, 1.82) is 0 Å². The maximum absolute atomic E-state index is 13.7. The highest BCUT2D eigenvalue weighted by atomic mass is 19.1. The van der Waals surface area contributed by atoms with Gasteiger partial charge in [-0.1, -0.05) is 19.1 Å². The summed E-state index contributed by atoms with van der Waals surface area (Å²) in [4.78, 5) is 27.8. The minimum absolute atomic E-state index is 0.0650. The predicted octanol–water partition coefficient (Wildman–Crippen LogP) is 3.03. The molecular formula is C22H24FN5O2. The molecule has 0 bridgehead atoms. The average Bonchev–Trinajstić information content (AvgIpc) is 3.25. The number of aryl methyl sites for hydroxylation is 2. The number of morpholine rings is 1. The fourth-order valence-corrected chi connectivity index (χ4v) is 3.72. The summed E-state index contributed by atoms with van der Waals surface area (Å²) < 4.78 is 21.6. The number of nitrogens with zero attached hydrogens (tertiary/aromatic N) is 5. The van der Waals surface area contributed by atoms with Crippen molar-refractivity contribution in [3.63, 3.8) is 0 Å². The number of carbonyl (C=O) groups excluding carboxylic acids is 1. The van der Waals surface area contributed by atoms with Gasteiger partial charge in [0.05, 0.1) is 24.5 Å². The molecule has 3 aromatic rings. The third-order valence-corrected chi connectivity index (χ3v) is 5.23. The lowest BCUT2D eigenvalue weighted by Gasteiger charge is -2.33. The van der Waals surface area contributed by atoms with E-state index in [4.69, 9.17) is 4.74 Å². The van der Waals surface area contributed by atoms with E-state index >= 15 is 0 Å². The second-order valence-corrected chi connectivity index (χ2v) is 7.14. The van der Waals surface area contributed by atoms with Gasteiger partial charge in [-0.05, 0) is 12.1 Å². The molecule has 30 heavy (non-hydrogen) atoms. The molecule has 0 spiro atoms. The molecule has 1 atom stereocenters. The summed E-state index contributed by atoms with van der Waals surface area (Å²) in [6.07, 6.45) is 7.65. The molecule has 3 heterocycles. The van der Waals surface area contributed by atoms with Crippen LogP contribution in [-0.4, -0.2) is 50.0 Å². The Labute approximate surface area is 174 Å². The molecule has 1 aromatic carbocycles. The Morgan fingerprint density at radius 3 is 2.93 bits per heavy atom. The van der Waals surface area contributed by atoms with E-state index in [1.807, 2.05) is 17.7 Å². The highest BCUT2D eigenvalue weighted by molar-refractivity contribution is 5.76. The molecule has 1 fully saturated rings. The van der Waals surface area contributed by atoms with E-state index in [9.17, 15) is 9.18 Å². The molecule has 7 nitrogen and oxygen atoms in total. The SMILES string of the molecule is CCc1nccn1CCC(=O)N1CCO[C@H](c2nccnc2-c2cccc(F)c2)C1. The first-order valence-corrected chi connectivity index (χ1v) is 10.1. The first kappa shape index (κ1) is 20.2. The molecule has 0 radical (unpaired) electrons. The van der Waals surface area contributed by atoms with E-state index in [2.05, 4.69) is 15.0 Å². The number of carbonyl (C=O) groups is 1. The third-order valence-electron chi connectivity index (χ3n) is 5.23. The first-order valence-electron chi connectivity index (χ1n) is 10.1. The lowest BCUT2D eigenvalue weighted by molar-refractivity contribution is -0.139. The second kappa shape index (κ2) is 9.13. The van der Waals surface area contributed by atoms with Crippen LogP contribution in [0.4, 0.5) is 4.39 Å². The molecule has 0 aliphatic carbocycles. The van der Waals surface area contributed by atoms with Gasteiger partial charge in [0.2, 0.25) is 5.91 Å². The Bertz CT molecular complexity index is 1020. The smallest absolute Gasteiger partial charge is 0.224 e. The van der Waals surface area contributed by atoms with Crippen LogP contribution < -0.4 is 0 Å². The minimum Gasteiger partial charge on any atom is -0.368 e. The number of halogens is 1. The van der Waals surface area contributed by atoms with Crippen LogP contribution in [0.25, 0.3) is 11.3 Å². The van der Waals surface area contributed by atoms with Crippen molar-refractivity contribution in [2.24, 2.45) is 0 Å². The fraction of sp³-hybridized carbons (Fsp3) is 0.364. The Morgan fingerprint density at radius 2 is 2.10 bits per heavy atom. The summed E-state index contributed by atoms with van der Waals surface area (Å²) in [5.41, 5.74) is 1.82. The van der Waals surface area contributed by atoms with Gasteiger partial charge in [0.1, 0.15) is 17.7 Å². The molecule has 156 valence electrons. The van der Waals surface area contributed by atoms with E-state index in [0.717, 1.165) is 12.2 Å². The normalized spacial score (nSPS) is 16.6. The number of hydrogen-bond donors (Lipinski definition) is 0. The molecule has 1 aliphatic heterocycles. The van der Waals surface area contributed by atoms with E-state index in [0.29, 0.717) is 49.6 Å². The van der Waals surface area contributed by atoms with Gasteiger partial charge in [-0.15, -0.1) is 0 Å². The molecule has 0 N–H and O–H groups in total. The van der Waals surface area contributed by atoms with Crippen molar-refractivity contribution >= 4 is 5.91 Å². The highest BCUT2D eigenvalue weighted by Crippen LogP contribution is 2.29. The number of benzene rings is 1. The van der Waals surface area contributed by atoms with Crippen LogP contribution in [0.5, 0.6) is 0 Å². The van der Waals surface area contributed by atoms with Crippen molar-refractivity contribution in [2.45, 2.75) is 32.4 Å². The van der Waals surface area contributed by atoms with Crippen LogP contribution in [0, 0.1) is 5.82 Å². The zero-order valence-corrected chi connectivity index (χ0v) is 16.9. The molecule has 1 saturated heterocycles. The number of aromatic nitrogens is 4. The Morgan fingerprint density at radius 1 is 1.23 bits per heavy atom. The van der Waals surface area contributed by atoms with Crippen molar-refractivity contribution in [1.82, 2.24) is 24.4 Å². The monoisotopic (exact) mass is 409 g/mol. The molecule has 2 aromatic heterocycles. The highest BCUT2D eigenvalue weighted by Gasteiger charge is 2.28. The van der Waals surface area contributed by atoms with Gasteiger partial charge in [0.15, 0.2) is 0 Å². The maximum Gasteiger partial charge on any atom is 0.224 e. The van der Waals surface area contributed by atoms with Crippen LogP contribution in [0.3, 0.4) is 0 Å². The number of amides is 1. The Kier molecular flexibility index (Phi) is 6.13. The first-order chi connectivity index (χ1) is 14.7. The second-order valence-electron chi connectivity index (χ2n) is 7.14. The molecule has 1 amide bonds. The van der Waals surface area contributed by atoms with Crippen LogP contribution in [0.2, 0.25) is 0 Å². The van der Waals surface area contributed by atoms with Crippen LogP contribution >= 0.6 is 0 Å². The Balaban J connectivity index is 1.47. The zero-order chi connectivity index (χ0) is 20.9. The van der Waals surface area contributed by atoms with E-state index in [1.165, 1.54) is 12.1 Å². The summed E-state index contributed by atoms with van der Waals surface area (Å²) in [7, 11) is 0. The van der Waals surface area contributed by atoms with Gasteiger partial charge >= 0.3 is 0 Å². The average molecular weight is 409 g/mol. The van der Waals surface area contributed by atoms with E-state index in [-0.39, 0.29) is 11.7 Å². The quantitative estimate of drug-likeness (QED) is 0.626. The summed E-state index contributed by atoms with van der Waals surface area (Å²) in [6, 6.07) is 6.25. The fourth-order valence-electron chi connectivity index (χ4n) is 3.72. The van der Waals surface area contributed by atoms with Gasteiger partial charge in [0.25, 0.3) is 0 Å². The van der Waals surface area contributed by atoms with Crippen molar-refractivity contribution in [3.8, 4) is 11.3 Å². The van der Waals surface area contributed by atoms with Gasteiger partial charge in [0, 0.05) is 56.3 Å². The maximum atomic E-state index is 13.7. The van der Waals surface area contributed by atoms with Crippen LogP contribution in [0.15, 0.2) is 49.1 Å². The summed E-state index contributed by atoms with van der Waals surface area (Å²) in [5, 5.41) is 0. The van der Waals surface area contributed by atoms with Crippen molar-refractivity contribution in [3.05, 3.63) is 66.4 Å². The third kappa shape index (κ3) is 4.38. The topological polar surface area (TPSA) is 73.1 Å². The zero-order valence-electron chi connectivity index (χ0n) is 16.9. The lowest BCUT2D eigenvalue weighted by atomic mass is 10.0. The summed E-state index contributed by atoms with van der Waals surface area (Å²) >= 11 is 0. The Hall–Kier alpha value is -3.13. The number of rotatable bonds is 6. The van der Waals surface area contributed by atoms with Crippen molar-refractivity contribution < 1.29 is 13.9 Å². The van der Waals surface area contributed by atoms with Crippen LogP contribution in [-0.2, 0) is 22.5 Å². The van der Waals surface area contributed by atoms with Crippen molar-refractivity contribution in [2.75, 3.05) is 19.7 Å². The van der Waals surface area contributed by atoms with Gasteiger partial charge < -0.3 is 14.2 Å². The largest absolute Gasteiger partial charge is 0.368 e. The number of hydrogen-bond acceptors (Lipinski definition) is 5. The molecule has 4 rings (SSSR count). The van der Waals surface area contributed by atoms with Gasteiger partial charge in [-0.25, -0.2) is 9.37 Å². The van der Waals surface area contributed by atoms with Gasteiger partial charge in [-0.3, -0.25) is 14.8 Å². The standard InChI is InChI=1S/C22H24FN5O2/c1-2-19-24-9-11-27(19)10-6-20(29)28-12-13-30-18(15-28)22-21(25-7-8-26-22)16-4-3-5-17(23)14-16/h3-5,7-9,11,14,18H,2,6,10,12-13,15H2,1H3/t18-/m0/s1. The molecule has 1 aliphatic rings. The molecule has 8 heteroatoms. The molecule has 0 saturated carbocycles. The minimum atomic E-state index is -0.408. The lowest BCUT2D eigenvalue weighted by Crippen LogP contribution is -2.42.